The van der Waals surface area contributed by atoms with Crippen molar-refractivity contribution in [1.82, 2.24) is 0 Å². The number of hydrogen-bond donors (Lipinski definition) is 2. The van der Waals surface area contributed by atoms with Gasteiger partial charge in [-0.05, 0) is 0 Å². The van der Waals surface area contributed by atoms with E-state index in [0.29, 0.717) is 12.1 Å². The fraction of sp³-hybridized carbons (Fsp3) is 0.750. The quantitative estimate of drug-likeness (QED) is 0.596. The maximum absolute atomic E-state index is 9.10. The van der Waals surface area contributed by atoms with Crippen LogP contribution in [0, 0.1) is 0 Å². The fourth-order valence-corrected chi connectivity index (χ4v) is 3.59. The average molecular weight is 395 g/mol. The summed E-state index contributed by atoms with van der Waals surface area (Å²) in [4.78, 5) is 18.2. The van der Waals surface area contributed by atoms with Crippen LogP contribution < -0.4 is 0 Å². The van der Waals surface area contributed by atoms with Gasteiger partial charge in [-0.15, -0.1) is 0 Å². The molecule has 2 atom stereocenters. The van der Waals surface area contributed by atoms with Crippen LogP contribution in [0.1, 0.15) is 25.7 Å². The van der Waals surface area contributed by atoms with E-state index in [2.05, 4.69) is 6.99 Å². The molecule has 1 fully saturated rings. The van der Waals surface area contributed by atoms with Crippen molar-refractivity contribution in [3.05, 3.63) is 0 Å². The van der Waals surface area contributed by atoms with Gasteiger partial charge in [-0.2, -0.15) is 0 Å². The van der Waals surface area contributed by atoms with Gasteiger partial charge in [0.2, 0.25) is 0 Å². The second-order valence-electron chi connectivity index (χ2n) is 3.26. The van der Waals surface area contributed by atoms with Crippen LogP contribution in [0.2, 0.25) is 0 Å². The molecule has 0 saturated heterocycles. The van der Waals surface area contributed by atoms with Crippen molar-refractivity contribution in [3.63, 3.8) is 0 Å². The predicted molar refractivity (Wildman–Crippen MR) is 46.2 cm³/mol. The molecule has 1 aliphatic heterocycles. The van der Waals surface area contributed by atoms with Crippen molar-refractivity contribution < 1.29 is 38.0 Å². The Kier molecular flexibility index (Phi) is 4.88. The van der Waals surface area contributed by atoms with E-state index in [1.807, 2.05) is 0 Å². The monoisotopic (exact) mass is 395 g/mol. The smallest absolute Gasteiger partial charge is 0.414 e. The van der Waals surface area contributed by atoms with E-state index in [-0.39, 0.29) is 18.2 Å². The summed E-state index contributed by atoms with van der Waals surface area (Å²) in [7, 11) is 0. The van der Waals surface area contributed by atoms with Gasteiger partial charge in [0.25, 0.3) is 0 Å². The normalized spacial score (nSPS) is 28.0. The average Bonchev–Trinajstić information content (AvgIpc) is 2.66. The van der Waals surface area contributed by atoms with E-state index in [0.717, 1.165) is 0 Å². The zero-order valence-corrected chi connectivity index (χ0v) is 10.2. The van der Waals surface area contributed by atoms with Crippen LogP contribution in [0.25, 0.3) is 0 Å². The first kappa shape index (κ1) is 12.3. The number of aliphatic carboxylic acids is 2. The molecule has 7 heteroatoms. The van der Waals surface area contributed by atoms with Gasteiger partial charge < -0.3 is 10.2 Å². The molecular formula is C8H12N2O4Pt. The van der Waals surface area contributed by atoms with Crippen LogP contribution in [-0.4, -0.2) is 34.2 Å². The molecule has 15 heavy (non-hydrogen) atoms. The van der Waals surface area contributed by atoms with E-state index in [1.54, 1.807) is 0 Å². The van der Waals surface area contributed by atoms with Crippen molar-refractivity contribution in [2.75, 3.05) is 0 Å². The van der Waals surface area contributed by atoms with Gasteiger partial charge in [0.05, 0.1) is 0 Å². The molecule has 0 aromatic rings. The van der Waals surface area contributed by atoms with E-state index in [9.17, 15) is 0 Å². The first-order valence-corrected chi connectivity index (χ1v) is 6.59. The molecule has 0 aromatic heterocycles. The maximum Gasteiger partial charge on any atom is 0.414 e. The molecular weight excluding hydrogens is 383 g/mol. The van der Waals surface area contributed by atoms with E-state index < -0.39 is 11.9 Å². The zero-order valence-electron chi connectivity index (χ0n) is 7.90. The van der Waals surface area contributed by atoms with Crippen molar-refractivity contribution in [2.24, 2.45) is 6.99 Å². The minimum atomic E-state index is -1.82. The van der Waals surface area contributed by atoms with Crippen LogP contribution >= 0.6 is 0 Å². The van der Waals surface area contributed by atoms with Gasteiger partial charge in [-0.1, -0.05) is 0 Å². The number of hydrogen-bond acceptors (Lipinski definition) is 4. The minimum absolute atomic E-state index is 0.0695. The third kappa shape index (κ3) is 4.08. The topological polar surface area (TPSA) is 99.3 Å². The molecule has 1 heterocycles. The molecule has 0 radical (unpaired) electrons. The zero-order chi connectivity index (χ0) is 11.3. The molecule has 88 valence electrons. The van der Waals surface area contributed by atoms with Crippen LogP contribution in [0.3, 0.4) is 0 Å². The minimum Gasteiger partial charge on any atom is -0.473 e. The fourth-order valence-electron chi connectivity index (χ4n) is 1.40. The number of nitrogens with zero attached hydrogens (tertiary/aromatic N) is 2. The Morgan fingerprint density at radius 3 is 1.73 bits per heavy atom. The van der Waals surface area contributed by atoms with Gasteiger partial charge in [0.1, 0.15) is 0 Å². The van der Waals surface area contributed by atoms with Gasteiger partial charge in [-0.25, -0.2) is 9.59 Å². The summed E-state index contributed by atoms with van der Waals surface area (Å²) in [5.74, 6) is -3.65. The third-order valence-corrected chi connectivity index (χ3v) is 4.19. The Morgan fingerprint density at radius 1 is 1.00 bits per heavy atom. The Balaban J connectivity index is 0.000000167. The Labute approximate surface area is 94.9 Å². The summed E-state index contributed by atoms with van der Waals surface area (Å²) in [5, 5.41) is 14.8. The SMILES string of the molecule is C1CC[C@H]2[N]=[Pt]=[N][C@@H]2C1.O=C(O)C(=O)O. The molecule has 2 rings (SSSR count). The molecule has 0 spiro atoms. The van der Waals surface area contributed by atoms with Crippen molar-refractivity contribution in [1.29, 1.82) is 0 Å². The Bertz CT molecular complexity index is 297. The van der Waals surface area contributed by atoms with Crippen LogP contribution in [0.4, 0.5) is 0 Å². The standard InChI is InChI=1S/C6H10N2.C2H2O4.Pt/c7-5-3-1-2-4-6(5)8;3-1(4)2(5)6;/h5-6H,1-4H2;(H,3,4)(H,5,6);/t5-,6-;;/m1../s1. The summed E-state index contributed by atoms with van der Waals surface area (Å²) in [6.45, 7) is 0. The number of carboxylic acids is 2. The van der Waals surface area contributed by atoms with Crippen molar-refractivity contribution in [2.45, 2.75) is 37.8 Å². The first-order valence-electron chi connectivity index (χ1n) is 4.55. The first-order chi connectivity index (χ1) is 7.11. The molecule has 2 N–H and O–H groups in total. The maximum atomic E-state index is 9.10. The number of fused-ring (bicyclic) bond motifs is 1. The molecule has 1 aliphatic carbocycles. The van der Waals surface area contributed by atoms with E-state index in [1.165, 1.54) is 25.7 Å². The summed E-state index contributed by atoms with van der Waals surface area (Å²) >= 11 is -0.0695. The number of rotatable bonds is 0. The summed E-state index contributed by atoms with van der Waals surface area (Å²) in [6, 6.07) is 1.35. The van der Waals surface area contributed by atoms with Gasteiger partial charge in [0, 0.05) is 0 Å². The van der Waals surface area contributed by atoms with Gasteiger partial charge in [0.15, 0.2) is 0 Å². The summed E-state index contributed by atoms with van der Waals surface area (Å²) in [5.41, 5.74) is 0. The number of carboxylic acid groups (broad SMARTS) is 2. The van der Waals surface area contributed by atoms with Crippen LogP contribution in [0.15, 0.2) is 6.99 Å². The molecule has 0 bridgehead atoms. The Morgan fingerprint density at radius 2 is 1.40 bits per heavy atom. The van der Waals surface area contributed by atoms with Crippen molar-refractivity contribution >= 4 is 11.9 Å². The molecule has 1 saturated carbocycles. The largest absolute Gasteiger partial charge is 0.473 e. The summed E-state index contributed by atoms with van der Waals surface area (Å²) < 4.78 is 9.00. The van der Waals surface area contributed by atoms with Crippen LogP contribution in [-0.2, 0) is 27.8 Å². The summed E-state index contributed by atoms with van der Waals surface area (Å²) in [6.07, 6.45) is 5.44. The van der Waals surface area contributed by atoms with Gasteiger partial charge in [-0.3, -0.25) is 0 Å². The van der Waals surface area contributed by atoms with E-state index in [4.69, 9.17) is 19.8 Å². The predicted octanol–water partition coefficient (Wildman–Crippen LogP) is 0.917. The number of carbonyl (C=O) groups is 2. The second-order valence-corrected chi connectivity index (χ2v) is 4.88. The van der Waals surface area contributed by atoms with Crippen LogP contribution in [0.5, 0.6) is 0 Å². The van der Waals surface area contributed by atoms with Gasteiger partial charge >= 0.3 is 74.9 Å². The Hall–Kier alpha value is -0.772. The van der Waals surface area contributed by atoms with Crippen molar-refractivity contribution in [3.8, 4) is 0 Å². The molecule has 0 unspecified atom stereocenters. The van der Waals surface area contributed by atoms with E-state index >= 15 is 0 Å². The molecule has 0 amide bonds. The third-order valence-electron chi connectivity index (χ3n) is 2.16. The molecule has 0 aromatic carbocycles. The second kappa shape index (κ2) is 5.95. The molecule has 6 nitrogen and oxygen atoms in total. The molecule has 2 aliphatic rings.